The molecule has 11 rings (SSSR count). The second-order valence-corrected chi connectivity index (χ2v) is 20.0. The van der Waals surface area contributed by atoms with E-state index in [4.69, 9.17) is 0 Å². The largest absolute Gasteiger partial charge is 0.310 e. The molecule has 1 nitrogen and oxygen atoms in total. The van der Waals surface area contributed by atoms with Gasteiger partial charge in [0.25, 0.3) is 0 Å². The van der Waals surface area contributed by atoms with Crippen LogP contribution in [0.1, 0.15) is 25.0 Å². The molecule has 0 saturated carbocycles. The van der Waals surface area contributed by atoms with Crippen molar-refractivity contribution < 1.29 is 0 Å². The zero-order valence-electron chi connectivity index (χ0n) is 30.3. The van der Waals surface area contributed by atoms with Crippen molar-refractivity contribution in [2.45, 2.75) is 19.3 Å². The van der Waals surface area contributed by atoms with Crippen LogP contribution in [0.2, 0.25) is 0 Å². The van der Waals surface area contributed by atoms with Crippen LogP contribution in [0.4, 0.5) is 17.1 Å². The third kappa shape index (κ3) is 4.31. The fourth-order valence-corrected chi connectivity index (χ4v) is 16.3. The van der Waals surface area contributed by atoms with E-state index in [-0.39, 0.29) is 5.41 Å². The summed E-state index contributed by atoms with van der Waals surface area (Å²) in [6.45, 7) is 4.71. The van der Waals surface area contributed by atoms with Gasteiger partial charge in [0.1, 0.15) is 0 Å². The monoisotopic (exact) mass is 723 g/mol. The molecule has 0 unspecified atom stereocenters. The Bertz CT molecular complexity index is 2870. The first-order valence-corrected chi connectivity index (χ1v) is 21.7. The summed E-state index contributed by atoms with van der Waals surface area (Å²) >= 11 is 1.94. The molecule has 0 N–H and O–H groups in total. The van der Waals surface area contributed by atoms with E-state index in [0.29, 0.717) is 0 Å². The van der Waals surface area contributed by atoms with E-state index in [2.05, 4.69) is 207 Å². The number of hydrogen-bond donors (Lipinski definition) is 0. The summed E-state index contributed by atoms with van der Waals surface area (Å²) in [5.41, 5.74) is 11.7. The number of benzene rings is 8. The number of hydrogen-bond acceptors (Lipinski definition) is 2. The summed E-state index contributed by atoms with van der Waals surface area (Å²) in [5.74, 6) is 0. The van der Waals surface area contributed by atoms with E-state index in [1.165, 1.54) is 85.7 Å². The number of thiophene rings is 1. The van der Waals surface area contributed by atoms with Gasteiger partial charge in [-0.15, -0.1) is 11.3 Å². The van der Waals surface area contributed by atoms with Crippen molar-refractivity contribution in [3.05, 3.63) is 199 Å². The highest BCUT2D eigenvalue weighted by Gasteiger charge is 2.50. The van der Waals surface area contributed by atoms with Gasteiger partial charge in [0.05, 0.1) is 0 Å². The average molecular weight is 724 g/mol. The van der Waals surface area contributed by atoms with Gasteiger partial charge in [0.2, 0.25) is 0 Å². The van der Waals surface area contributed by atoms with Crippen LogP contribution in [0, 0.1) is 0 Å². The first-order chi connectivity index (χ1) is 26.5. The molecule has 0 fully saturated rings. The lowest BCUT2D eigenvalue weighted by Gasteiger charge is -2.33. The van der Waals surface area contributed by atoms with Gasteiger partial charge in [-0.2, -0.15) is 0 Å². The molecule has 8 aromatic carbocycles. The minimum absolute atomic E-state index is 0.0458. The Labute approximate surface area is 321 Å². The smallest absolute Gasteiger partial charge is 0.181 e. The molecule has 2 aliphatic rings. The first-order valence-electron chi connectivity index (χ1n) is 18.9. The molecule has 0 radical (unpaired) electrons. The molecular weight excluding hydrogens is 687 g/mol. The average Bonchev–Trinajstić information content (AvgIpc) is 3.83. The lowest BCUT2D eigenvalue weighted by Crippen LogP contribution is -2.72. The number of anilines is 3. The van der Waals surface area contributed by atoms with Crippen molar-refractivity contribution in [3.8, 4) is 22.3 Å². The molecular formula is C51H37NSSi. The molecule has 1 aromatic heterocycles. The standard InChI is InChI=1S/C51H37NSSi/c1-51(2)44-24-14-12-22-39(44)43-32-35(27-30-45(43)51)52(34-16-6-3-7-17-34)36-26-28-42-48(33-36)54(37-18-8-4-9-19-37,38-20-10-5-11-21-38)47-31-29-41-40-23-13-15-25-46(40)53-50(41)49(42)47/h3-33H,1-2H3. The van der Waals surface area contributed by atoms with Crippen LogP contribution < -0.4 is 25.6 Å². The topological polar surface area (TPSA) is 3.24 Å². The van der Waals surface area contributed by atoms with E-state index in [0.717, 1.165) is 5.69 Å². The van der Waals surface area contributed by atoms with Gasteiger partial charge in [-0.1, -0.05) is 159 Å². The SMILES string of the molecule is CC1(C)c2ccccc2-c2cc(N(c3ccccc3)c3ccc4c(c3)[Si](c3ccccc3)(c3ccccc3)c3ccc5c(sc6ccccc65)c3-4)ccc21. The molecule has 0 amide bonds. The van der Waals surface area contributed by atoms with Gasteiger partial charge >= 0.3 is 0 Å². The summed E-state index contributed by atoms with van der Waals surface area (Å²) in [6, 6.07) is 70.9. The van der Waals surface area contributed by atoms with Crippen LogP contribution >= 0.6 is 11.3 Å². The third-order valence-electron chi connectivity index (χ3n) is 12.1. The third-order valence-corrected chi connectivity index (χ3v) is 18.2. The molecule has 1 aliphatic carbocycles. The second-order valence-electron chi connectivity index (χ2n) is 15.2. The van der Waals surface area contributed by atoms with Crippen molar-refractivity contribution in [3.63, 3.8) is 0 Å². The minimum atomic E-state index is -2.77. The second kappa shape index (κ2) is 11.7. The number of para-hydroxylation sites is 1. The van der Waals surface area contributed by atoms with E-state index < -0.39 is 8.07 Å². The van der Waals surface area contributed by atoms with Crippen LogP contribution in [0.3, 0.4) is 0 Å². The Morgan fingerprint density at radius 1 is 0.444 bits per heavy atom. The van der Waals surface area contributed by atoms with Crippen molar-refractivity contribution in [1.29, 1.82) is 0 Å². The van der Waals surface area contributed by atoms with Gasteiger partial charge in [-0.25, -0.2) is 0 Å². The molecule has 0 spiro atoms. The van der Waals surface area contributed by atoms with Gasteiger partial charge in [0.15, 0.2) is 8.07 Å². The Morgan fingerprint density at radius 2 is 1.06 bits per heavy atom. The van der Waals surface area contributed by atoms with Crippen molar-refractivity contribution in [2.75, 3.05) is 4.90 Å². The zero-order chi connectivity index (χ0) is 36.0. The molecule has 1 aliphatic heterocycles. The highest BCUT2D eigenvalue weighted by Crippen LogP contribution is 2.51. The number of fused-ring (bicyclic) bond motifs is 10. The Morgan fingerprint density at radius 3 is 1.81 bits per heavy atom. The Hall–Kier alpha value is -6.00. The number of nitrogens with zero attached hydrogens (tertiary/aromatic N) is 1. The molecule has 9 aromatic rings. The molecule has 256 valence electrons. The number of rotatable bonds is 5. The van der Waals surface area contributed by atoms with Crippen molar-refractivity contribution in [2.24, 2.45) is 0 Å². The normalized spacial score (nSPS) is 14.4. The van der Waals surface area contributed by atoms with Crippen LogP contribution in [-0.4, -0.2) is 8.07 Å². The maximum Gasteiger partial charge on any atom is 0.181 e. The summed E-state index contributed by atoms with van der Waals surface area (Å²) in [6.07, 6.45) is 0. The summed E-state index contributed by atoms with van der Waals surface area (Å²) < 4.78 is 2.73. The van der Waals surface area contributed by atoms with Crippen LogP contribution in [0.5, 0.6) is 0 Å². The van der Waals surface area contributed by atoms with Gasteiger partial charge < -0.3 is 4.90 Å². The van der Waals surface area contributed by atoms with E-state index >= 15 is 0 Å². The maximum atomic E-state index is 2.55. The van der Waals surface area contributed by atoms with Gasteiger partial charge in [-0.05, 0) is 96.6 Å². The molecule has 54 heavy (non-hydrogen) atoms. The molecule has 0 atom stereocenters. The highest BCUT2D eigenvalue weighted by atomic mass is 32.1. The molecule has 0 saturated heterocycles. The predicted octanol–water partition coefficient (Wildman–Crippen LogP) is 11.2. The Kier molecular flexibility index (Phi) is 6.86. The van der Waals surface area contributed by atoms with E-state index in [1.807, 2.05) is 11.3 Å². The first kappa shape index (κ1) is 31.5. The van der Waals surface area contributed by atoms with E-state index in [1.54, 1.807) is 0 Å². The molecule has 2 heterocycles. The van der Waals surface area contributed by atoms with Gasteiger partial charge in [0, 0.05) is 42.6 Å². The van der Waals surface area contributed by atoms with Crippen LogP contribution in [0.15, 0.2) is 188 Å². The highest BCUT2D eigenvalue weighted by molar-refractivity contribution is 7.28. The fourth-order valence-electron chi connectivity index (χ4n) is 9.75. The van der Waals surface area contributed by atoms with E-state index in [9.17, 15) is 0 Å². The molecule has 3 heteroatoms. The lowest BCUT2D eigenvalue weighted by molar-refractivity contribution is 0.660. The van der Waals surface area contributed by atoms with Crippen molar-refractivity contribution in [1.82, 2.24) is 0 Å². The lowest BCUT2D eigenvalue weighted by atomic mass is 9.82. The molecule has 0 bridgehead atoms. The predicted molar refractivity (Wildman–Crippen MR) is 234 cm³/mol. The summed E-state index contributed by atoms with van der Waals surface area (Å²) in [4.78, 5) is 2.47. The van der Waals surface area contributed by atoms with Crippen LogP contribution in [0.25, 0.3) is 42.4 Å². The minimum Gasteiger partial charge on any atom is -0.310 e. The van der Waals surface area contributed by atoms with Crippen molar-refractivity contribution >= 4 is 77.4 Å². The van der Waals surface area contributed by atoms with Gasteiger partial charge in [-0.3, -0.25) is 0 Å². The zero-order valence-corrected chi connectivity index (χ0v) is 32.1. The fraction of sp³-hybridized carbons (Fsp3) is 0.0588. The summed E-state index contributed by atoms with van der Waals surface area (Å²) in [5, 5.41) is 8.45. The Balaban J connectivity index is 1.21. The summed E-state index contributed by atoms with van der Waals surface area (Å²) in [7, 11) is -2.77. The quantitative estimate of drug-likeness (QED) is 0.160. The van der Waals surface area contributed by atoms with Crippen LogP contribution in [-0.2, 0) is 5.41 Å². The maximum absolute atomic E-state index is 2.77.